The van der Waals surface area contributed by atoms with Crippen LogP contribution in [0.2, 0.25) is 0 Å². The first-order valence-corrected chi connectivity index (χ1v) is 6.00. The molecule has 0 bridgehead atoms. The summed E-state index contributed by atoms with van der Waals surface area (Å²) in [5, 5.41) is 0. The van der Waals surface area contributed by atoms with Crippen molar-refractivity contribution in [2.45, 2.75) is 0 Å². The van der Waals surface area contributed by atoms with Crippen LogP contribution in [-0.4, -0.2) is 52.6 Å². The Labute approximate surface area is 101 Å². The van der Waals surface area contributed by atoms with E-state index in [0.717, 1.165) is 0 Å². The Bertz CT molecular complexity index is 337. The quantitative estimate of drug-likeness (QED) is 0.230. The summed E-state index contributed by atoms with van der Waals surface area (Å²) in [5.74, 6) is 0. The average Bonchev–Trinajstić information content (AvgIpc) is 1.41. The van der Waals surface area contributed by atoms with Gasteiger partial charge in [-0.3, -0.25) is 25.3 Å². The molecule has 0 spiro atoms. The summed E-state index contributed by atoms with van der Waals surface area (Å²) in [6.07, 6.45) is 0. The zero-order valence-corrected chi connectivity index (χ0v) is 9.82. The van der Waals surface area contributed by atoms with E-state index in [-0.39, 0.29) is 17.1 Å². The van der Waals surface area contributed by atoms with Crippen molar-refractivity contribution in [1.82, 2.24) is 0 Å². The SMILES string of the molecule is O=S(=O)([O-])[O-].O=S(=O)([O-])[O-].O=S(=O)([O-])[O-].[Cu]. The Morgan fingerprint density at radius 2 is 0.438 bits per heavy atom. The van der Waals surface area contributed by atoms with Gasteiger partial charge in [0.1, 0.15) is 0 Å². The molecule has 0 aliphatic carbocycles. The Balaban J connectivity index is -0.0000000655. The summed E-state index contributed by atoms with van der Waals surface area (Å²) in [4.78, 5) is 0. The van der Waals surface area contributed by atoms with Gasteiger partial charge in [-0.05, 0) is 0 Å². The third kappa shape index (κ3) is 145000. The molecule has 0 unspecified atom stereocenters. The van der Waals surface area contributed by atoms with Gasteiger partial charge >= 0.3 is 0 Å². The maximum absolute atomic E-state index is 8.52. The minimum absolute atomic E-state index is 0. The molecule has 0 heterocycles. The molecule has 16 heavy (non-hydrogen) atoms. The molecule has 0 atom stereocenters. The van der Waals surface area contributed by atoms with Crippen LogP contribution in [0.15, 0.2) is 0 Å². The van der Waals surface area contributed by atoms with E-state index in [4.69, 9.17) is 52.6 Å². The Kier molecular flexibility index (Phi) is 14.4. The van der Waals surface area contributed by atoms with Crippen LogP contribution in [0.5, 0.6) is 0 Å². The predicted octanol–water partition coefficient (Wildman–Crippen LogP) is -4.02. The van der Waals surface area contributed by atoms with Crippen molar-refractivity contribution >= 4 is 31.2 Å². The summed E-state index contributed by atoms with van der Waals surface area (Å²) < 4.78 is 102. The Hall–Kier alpha value is 0.129. The van der Waals surface area contributed by atoms with Gasteiger partial charge < -0.3 is 27.3 Å². The van der Waals surface area contributed by atoms with Crippen LogP contribution in [0.1, 0.15) is 0 Å². The van der Waals surface area contributed by atoms with Crippen molar-refractivity contribution in [3.63, 3.8) is 0 Å². The van der Waals surface area contributed by atoms with Gasteiger partial charge in [0.15, 0.2) is 0 Å². The summed E-state index contributed by atoms with van der Waals surface area (Å²) in [6.45, 7) is 0. The predicted molar refractivity (Wildman–Crippen MR) is 31.4 cm³/mol. The van der Waals surface area contributed by atoms with Gasteiger partial charge in [-0.1, -0.05) is 0 Å². The fourth-order valence-electron chi connectivity index (χ4n) is 0. The summed E-state index contributed by atoms with van der Waals surface area (Å²) >= 11 is 0. The topological polar surface area (TPSA) is 241 Å². The largest absolute Gasteiger partial charge is 0.759 e. The molecule has 107 valence electrons. The molecule has 0 saturated carbocycles. The van der Waals surface area contributed by atoms with Crippen LogP contribution >= 0.6 is 0 Å². The summed E-state index contributed by atoms with van der Waals surface area (Å²) in [6, 6.07) is 0. The van der Waals surface area contributed by atoms with Crippen molar-refractivity contribution in [2.24, 2.45) is 0 Å². The van der Waals surface area contributed by atoms with Gasteiger partial charge in [-0.2, -0.15) is 0 Å². The van der Waals surface area contributed by atoms with Gasteiger partial charge in [0, 0.05) is 48.3 Å². The molecule has 0 aromatic carbocycles. The molecular weight excluding hydrogens is 352 g/mol. The van der Waals surface area contributed by atoms with E-state index < -0.39 is 31.2 Å². The van der Waals surface area contributed by atoms with Gasteiger partial charge in [0.2, 0.25) is 0 Å². The van der Waals surface area contributed by atoms with Crippen molar-refractivity contribution in [2.75, 3.05) is 0 Å². The molecule has 0 saturated heterocycles. The number of rotatable bonds is 0. The van der Waals surface area contributed by atoms with E-state index in [1.807, 2.05) is 0 Å². The van der Waals surface area contributed by atoms with Crippen LogP contribution < -0.4 is 0 Å². The van der Waals surface area contributed by atoms with Crippen LogP contribution in [0.3, 0.4) is 0 Å². The van der Waals surface area contributed by atoms with Crippen molar-refractivity contribution in [3.8, 4) is 0 Å². The zero-order valence-electron chi connectivity index (χ0n) is 6.43. The van der Waals surface area contributed by atoms with Crippen LogP contribution in [0.25, 0.3) is 0 Å². The second kappa shape index (κ2) is 9.19. The summed E-state index contributed by atoms with van der Waals surface area (Å²) in [5.41, 5.74) is 0. The van der Waals surface area contributed by atoms with Crippen molar-refractivity contribution in [1.29, 1.82) is 0 Å². The van der Waals surface area contributed by atoms with E-state index in [1.165, 1.54) is 0 Å². The fourth-order valence-corrected chi connectivity index (χ4v) is 0. The maximum Gasteiger partial charge on any atom is 0.0311 e. The molecule has 0 aliphatic heterocycles. The fraction of sp³-hybridized carbons (Fsp3) is 0. The van der Waals surface area contributed by atoms with Crippen LogP contribution in [0, 0.1) is 0 Å². The van der Waals surface area contributed by atoms with Gasteiger partial charge in [-0.15, -0.1) is 0 Å². The molecule has 0 N–H and O–H groups in total. The van der Waals surface area contributed by atoms with Gasteiger partial charge in [0.05, 0.1) is 0 Å². The zero-order chi connectivity index (χ0) is 13.5. The molecule has 0 aromatic heterocycles. The first-order valence-electron chi connectivity index (χ1n) is 2.00. The molecule has 12 nitrogen and oxygen atoms in total. The number of hydrogen-bond donors (Lipinski definition) is 0. The smallest absolute Gasteiger partial charge is 0.0311 e. The first-order chi connectivity index (χ1) is 6.00. The normalized spacial score (nSPS) is 10.9. The average molecular weight is 352 g/mol. The standard InChI is InChI=1S/Cu.3H2O4S/c;3*1-5(2,3)4/h;3*(H2,1,2,3,4)/p-6. The molecular formula is CuO12S3-6. The van der Waals surface area contributed by atoms with E-state index >= 15 is 0 Å². The number of hydrogen-bond acceptors (Lipinski definition) is 12. The second-order valence-corrected chi connectivity index (χ2v) is 3.67. The minimum atomic E-state index is -5.17. The summed E-state index contributed by atoms with van der Waals surface area (Å²) in [7, 11) is -15.5. The molecule has 0 aromatic rings. The third-order valence-corrected chi connectivity index (χ3v) is 0. The monoisotopic (exact) mass is 351 g/mol. The van der Waals surface area contributed by atoms with Crippen LogP contribution in [0.4, 0.5) is 0 Å². The molecule has 0 rings (SSSR count). The second-order valence-electron chi connectivity index (χ2n) is 1.22. The molecule has 1 radical (unpaired) electrons. The molecule has 0 amide bonds. The van der Waals surface area contributed by atoms with Gasteiger partial charge in [-0.25, -0.2) is 0 Å². The van der Waals surface area contributed by atoms with E-state index in [2.05, 4.69) is 0 Å². The molecule has 16 heteroatoms. The maximum atomic E-state index is 8.52. The molecule has 0 aliphatic rings. The van der Waals surface area contributed by atoms with Gasteiger partial charge in [0.25, 0.3) is 0 Å². The molecule has 0 fully saturated rings. The van der Waals surface area contributed by atoms with Crippen LogP contribution in [-0.2, 0) is 48.3 Å². The third-order valence-electron chi connectivity index (χ3n) is 0. The Morgan fingerprint density at radius 1 is 0.438 bits per heavy atom. The van der Waals surface area contributed by atoms with Crippen molar-refractivity contribution < 1.29 is 69.6 Å². The minimum Gasteiger partial charge on any atom is -0.759 e. The first kappa shape index (κ1) is 25.1. The Morgan fingerprint density at radius 3 is 0.438 bits per heavy atom. The van der Waals surface area contributed by atoms with Crippen molar-refractivity contribution in [3.05, 3.63) is 0 Å². The van der Waals surface area contributed by atoms with E-state index in [9.17, 15) is 0 Å². The van der Waals surface area contributed by atoms with E-state index in [0.29, 0.717) is 0 Å². The van der Waals surface area contributed by atoms with E-state index in [1.54, 1.807) is 0 Å².